The van der Waals surface area contributed by atoms with Gasteiger partial charge in [-0.3, -0.25) is 4.90 Å². The third-order valence-electron chi connectivity index (χ3n) is 4.15. The van der Waals surface area contributed by atoms with E-state index in [0.29, 0.717) is 6.04 Å². The molecule has 0 aromatic carbocycles. The maximum Gasteiger partial charge on any atom is 0.128 e. The molecule has 0 unspecified atom stereocenters. The van der Waals surface area contributed by atoms with Gasteiger partial charge in [0.25, 0.3) is 0 Å². The first-order valence-electron chi connectivity index (χ1n) is 7.67. The highest BCUT2D eigenvalue weighted by atomic mass is 15.2. The topological polar surface area (TPSA) is 19.4 Å². The fourth-order valence-corrected chi connectivity index (χ4v) is 2.91. The lowest BCUT2D eigenvalue weighted by atomic mass is 9.96. The van der Waals surface area contributed by atoms with E-state index >= 15 is 0 Å². The summed E-state index contributed by atoms with van der Waals surface area (Å²) in [7, 11) is 2.09. The van der Waals surface area contributed by atoms with Crippen molar-refractivity contribution in [3.05, 3.63) is 23.9 Å². The minimum absolute atomic E-state index is 0.585. The van der Waals surface area contributed by atoms with Crippen molar-refractivity contribution in [1.29, 1.82) is 0 Å². The molecule has 1 fully saturated rings. The van der Waals surface area contributed by atoms with Crippen molar-refractivity contribution in [3.8, 4) is 0 Å². The van der Waals surface area contributed by atoms with Crippen LogP contribution in [0.2, 0.25) is 0 Å². The van der Waals surface area contributed by atoms with Crippen LogP contribution in [0.1, 0.15) is 51.1 Å². The summed E-state index contributed by atoms with van der Waals surface area (Å²) in [5.41, 5.74) is 1.39. The normalized spacial score (nSPS) is 20.5. The van der Waals surface area contributed by atoms with Crippen LogP contribution < -0.4 is 4.90 Å². The molecule has 1 aliphatic rings. The molecule has 0 bridgehead atoms. The van der Waals surface area contributed by atoms with Gasteiger partial charge in [0.05, 0.1) is 0 Å². The minimum atomic E-state index is 0.585. The minimum Gasteiger partial charge on any atom is -0.360 e. The SMILES string of the molecule is CCCN1CCCC[C@@H]1c1ccc(N(C)CC)nc1. The molecule has 0 radical (unpaired) electrons. The Balaban J connectivity index is 2.11. The Bertz CT molecular complexity index is 372. The van der Waals surface area contributed by atoms with Gasteiger partial charge in [-0.15, -0.1) is 0 Å². The molecule has 1 aliphatic heterocycles. The number of hydrogen-bond donors (Lipinski definition) is 0. The van der Waals surface area contributed by atoms with Crippen molar-refractivity contribution in [3.63, 3.8) is 0 Å². The Hall–Kier alpha value is -1.09. The zero-order chi connectivity index (χ0) is 13.7. The summed E-state index contributed by atoms with van der Waals surface area (Å²) < 4.78 is 0. The summed E-state index contributed by atoms with van der Waals surface area (Å²) in [5.74, 6) is 1.07. The summed E-state index contributed by atoms with van der Waals surface area (Å²) >= 11 is 0. The quantitative estimate of drug-likeness (QED) is 0.809. The first-order chi connectivity index (χ1) is 9.26. The van der Waals surface area contributed by atoms with Crippen LogP contribution >= 0.6 is 0 Å². The third-order valence-corrected chi connectivity index (χ3v) is 4.15. The molecule has 3 nitrogen and oxygen atoms in total. The Morgan fingerprint density at radius 2 is 2.16 bits per heavy atom. The Labute approximate surface area is 117 Å². The maximum absolute atomic E-state index is 4.62. The van der Waals surface area contributed by atoms with Crippen LogP contribution in [0.15, 0.2) is 18.3 Å². The molecule has 0 amide bonds. The fourth-order valence-electron chi connectivity index (χ4n) is 2.91. The predicted molar refractivity (Wildman–Crippen MR) is 81.6 cm³/mol. The molecular weight excluding hydrogens is 234 g/mol. The van der Waals surface area contributed by atoms with Crippen molar-refractivity contribution in [2.75, 3.05) is 31.6 Å². The smallest absolute Gasteiger partial charge is 0.128 e. The highest BCUT2D eigenvalue weighted by molar-refractivity contribution is 5.38. The lowest BCUT2D eigenvalue weighted by molar-refractivity contribution is 0.149. The van der Waals surface area contributed by atoms with Crippen molar-refractivity contribution in [2.45, 2.75) is 45.6 Å². The summed E-state index contributed by atoms with van der Waals surface area (Å²) in [6.07, 6.45) is 7.30. The second-order valence-corrected chi connectivity index (χ2v) is 5.51. The van der Waals surface area contributed by atoms with Crippen molar-refractivity contribution in [1.82, 2.24) is 9.88 Å². The number of aromatic nitrogens is 1. The predicted octanol–water partition coefficient (Wildman–Crippen LogP) is 3.47. The Morgan fingerprint density at radius 1 is 1.32 bits per heavy atom. The number of hydrogen-bond acceptors (Lipinski definition) is 3. The van der Waals surface area contributed by atoms with Crippen LogP contribution in [0.3, 0.4) is 0 Å². The molecule has 1 atom stereocenters. The fraction of sp³-hybridized carbons (Fsp3) is 0.688. The Morgan fingerprint density at radius 3 is 2.79 bits per heavy atom. The van der Waals surface area contributed by atoms with Crippen LogP contribution in [0.25, 0.3) is 0 Å². The molecule has 1 saturated heterocycles. The molecule has 1 aromatic rings. The van der Waals surface area contributed by atoms with E-state index in [2.05, 4.69) is 54.0 Å². The number of pyridine rings is 1. The first-order valence-corrected chi connectivity index (χ1v) is 7.67. The largest absolute Gasteiger partial charge is 0.360 e. The number of likely N-dealkylation sites (tertiary alicyclic amines) is 1. The second-order valence-electron chi connectivity index (χ2n) is 5.51. The van der Waals surface area contributed by atoms with Crippen LogP contribution in [0.4, 0.5) is 5.82 Å². The van der Waals surface area contributed by atoms with Gasteiger partial charge in [0.1, 0.15) is 5.82 Å². The number of rotatable bonds is 5. The summed E-state index contributed by atoms with van der Waals surface area (Å²) in [6, 6.07) is 5.02. The molecule has 0 aliphatic carbocycles. The molecule has 2 heterocycles. The molecule has 0 N–H and O–H groups in total. The zero-order valence-corrected chi connectivity index (χ0v) is 12.6. The van der Waals surface area contributed by atoms with E-state index in [4.69, 9.17) is 0 Å². The summed E-state index contributed by atoms with van der Waals surface area (Å²) in [4.78, 5) is 9.42. The van der Waals surface area contributed by atoms with Crippen LogP contribution in [0.5, 0.6) is 0 Å². The Kier molecular flexibility index (Phi) is 5.20. The van der Waals surface area contributed by atoms with E-state index in [0.717, 1.165) is 12.4 Å². The van der Waals surface area contributed by atoms with Gasteiger partial charge in [0.15, 0.2) is 0 Å². The van der Waals surface area contributed by atoms with Crippen LogP contribution in [0, 0.1) is 0 Å². The molecule has 1 aromatic heterocycles. The highest BCUT2D eigenvalue weighted by Crippen LogP contribution is 2.31. The standard InChI is InChI=1S/C16H27N3/c1-4-11-19-12-7-6-8-15(19)14-9-10-16(17-13-14)18(3)5-2/h9-10,13,15H,4-8,11-12H2,1-3H3/t15-/m1/s1. The third kappa shape index (κ3) is 3.47. The molecule has 0 saturated carbocycles. The first kappa shape index (κ1) is 14.3. The number of anilines is 1. The maximum atomic E-state index is 4.62. The van der Waals surface area contributed by atoms with Gasteiger partial charge in [0.2, 0.25) is 0 Å². The van der Waals surface area contributed by atoms with Crippen LogP contribution in [-0.4, -0.2) is 36.6 Å². The molecule has 106 valence electrons. The number of nitrogens with zero attached hydrogens (tertiary/aromatic N) is 3. The molecule has 19 heavy (non-hydrogen) atoms. The lowest BCUT2D eigenvalue weighted by Gasteiger charge is -2.35. The molecule has 0 spiro atoms. The summed E-state index contributed by atoms with van der Waals surface area (Å²) in [5, 5.41) is 0. The second kappa shape index (κ2) is 6.90. The zero-order valence-electron chi connectivity index (χ0n) is 12.6. The van der Waals surface area contributed by atoms with Crippen LogP contribution in [-0.2, 0) is 0 Å². The summed E-state index contributed by atoms with van der Waals surface area (Å²) in [6.45, 7) is 7.87. The van der Waals surface area contributed by atoms with E-state index in [1.165, 1.54) is 44.3 Å². The average Bonchev–Trinajstić information content (AvgIpc) is 2.47. The van der Waals surface area contributed by atoms with Gasteiger partial charge in [0, 0.05) is 25.8 Å². The van der Waals surface area contributed by atoms with E-state index < -0.39 is 0 Å². The van der Waals surface area contributed by atoms with Crippen molar-refractivity contribution in [2.24, 2.45) is 0 Å². The van der Waals surface area contributed by atoms with E-state index in [9.17, 15) is 0 Å². The van der Waals surface area contributed by atoms with Gasteiger partial charge < -0.3 is 4.90 Å². The van der Waals surface area contributed by atoms with Crippen molar-refractivity contribution >= 4 is 5.82 Å². The molecule has 2 rings (SSSR count). The van der Waals surface area contributed by atoms with E-state index in [1.54, 1.807) is 0 Å². The van der Waals surface area contributed by atoms with E-state index in [1.807, 2.05) is 0 Å². The average molecular weight is 261 g/mol. The lowest BCUT2D eigenvalue weighted by Crippen LogP contribution is -2.34. The van der Waals surface area contributed by atoms with Gasteiger partial charge in [-0.25, -0.2) is 4.98 Å². The van der Waals surface area contributed by atoms with E-state index in [-0.39, 0.29) is 0 Å². The van der Waals surface area contributed by atoms with Gasteiger partial charge >= 0.3 is 0 Å². The highest BCUT2D eigenvalue weighted by Gasteiger charge is 2.23. The monoisotopic (exact) mass is 261 g/mol. The van der Waals surface area contributed by atoms with Gasteiger partial charge in [-0.2, -0.15) is 0 Å². The molecular formula is C16H27N3. The molecule has 3 heteroatoms. The van der Waals surface area contributed by atoms with Gasteiger partial charge in [-0.05, 0) is 50.9 Å². The van der Waals surface area contributed by atoms with Crippen molar-refractivity contribution < 1.29 is 0 Å². The number of piperidine rings is 1. The van der Waals surface area contributed by atoms with Gasteiger partial charge in [-0.1, -0.05) is 19.4 Å².